The molecule has 1 saturated heterocycles. The normalized spacial score (nSPS) is 19.7. The molecule has 0 aromatic rings. The number of nitrogens with one attached hydrogen (secondary N) is 1. The molecule has 1 heterocycles. The van der Waals surface area contributed by atoms with E-state index in [0.717, 1.165) is 56.6 Å². The first-order valence-electron chi connectivity index (χ1n) is 15.9. The number of amides is 2. The zero-order chi connectivity index (χ0) is 31.8. The lowest BCUT2D eigenvalue weighted by Gasteiger charge is -2.26. The minimum absolute atomic E-state index is 0.250. The van der Waals surface area contributed by atoms with Crippen LogP contribution < -0.4 is 16.8 Å². The second kappa shape index (κ2) is 25.0. The largest absolute Gasteiger partial charge is 0.372 e. The molecule has 0 aromatic carbocycles. The predicted octanol–water partition coefficient (Wildman–Crippen LogP) is 5.72. The number of hydrogen-bond donors (Lipinski definition) is 3. The van der Waals surface area contributed by atoms with Crippen molar-refractivity contribution in [3.8, 4) is 0 Å². The van der Waals surface area contributed by atoms with Crippen molar-refractivity contribution < 1.29 is 14.4 Å². The number of aldehydes is 1. The highest BCUT2D eigenvalue weighted by atomic mass is 16.1. The van der Waals surface area contributed by atoms with E-state index in [4.69, 9.17) is 9.79 Å². The van der Waals surface area contributed by atoms with Crippen molar-refractivity contribution in [2.75, 3.05) is 33.2 Å². The fourth-order valence-corrected chi connectivity index (χ4v) is 5.77. The van der Waals surface area contributed by atoms with E-state index < -0.39 is 0 Å². The maximum atomic E-state index is 10.2. The molecule has 3 aliphatic rings. The Kier molecular flexibility index (Phi) is 23.4. The van der Waals surface area contributed by atoms with Gasteiger partial charge < -0.3 is 16.8 Å². The highest BCUT2D eigenvalue weighted by Gasteiger charge is 2.19. The summed E-state index contributed by atoms with van der Waals surface area (Å²) in [6.07, 6.45) is 21.8. The molecule has 0 spiro atoms. The molecule has 2 atom stereocenters. The lowest BCUT2D eigenvalue weighted by molar-refractivity contribution is -0.116. The average molecular weight is 588 g/mol. The highest BCUT2D eigenvalue weighted by molar-refractivity contribution is 5.83. The van der Waals surface area contributed by atoms with Gasteiger partial charge in [0, 0.05) is 19.2 Å². The van der Waals surface area contributed by atoms with Gasteiger partial charge in [0.2, 0.25) is 12.3 Å². The van der Waals surface area contributed by atoms with E-state index in [1.807, 2.05) is 0 Å². The van der Waals surface area contributed by atoms with E-state index in [0.29, 0.717) is 5.57 Å². The molecule has 3 rings (SSSR count). The molecule has 1 aliphatic heterocycles. The van der Waals surface area contributed by atoms with E-state index in [1.165, 1.54) is 94.5 Å². The minimum atomic E-state index is -0.333. The molecule has 2 unspecified atom stereocenters. The van der Waals surface area contributed by atoms with Crippen molar-refractivity contribution in [1.82, 2.24) is 10.2 Å². The second-order valence-electron chi connectivity index (χ2n) is 12.0. The third kappa shape index (κ3) is 20.3. The van der Waals surface area contributed by atoms with E-state index in [1.54, 1.807) is 0 Å². The van der Waals surface area contributed by atoms with Crippen LogP contribution in [0.3, 0.4) is 0 Å². The summed E-state index contributed by atoms with van der Waals surface area (Å²) >= 11 is 0. The fraction of sp³-hybridized carbons (Fsp3) is 0.706. The Morgan fingerprint density at radius 1 is 1.17 bits per heavy atom. The van der Waals surface area contributed by atoms with Crippen LogP contribution in [0.25, 0.3) is 0 Å². The molecule has 8 nitrogen and oxygen atoms in total. The number of carbonyl (C=O) groups is 3. The first kappa shape index (κ1) is 39.4. The highest BCUT2D eigenvalue weighted by Crippen LogP contribution is 2.31. The molecule has 0 aromatic heterocycles. The van der Waals surface area contributed by atoms with E-state index in [2.05, 4.69) is 68.2 Å². The van der Waals surface area contributed by atoms with Gasteiger partial charge in [0.1, 0.15) is 6.29 Å². The summed E-state index contributed by atoms with van der Waals surface area (Å²) in [4.78, 5) is 35.2. The summed E-state index contributed by atoms with van der Waals surface area (Å²) < 4.78 is 0. The first-order chi connectivity index (χ1) is 20.1. The van der Waals surface area contributed by atoms with Crippen LogP contribution in [0, 0.1) is 17.8 Å². The zero-order valence-corrected chi connectivity index (χ0v) is 27.3. The van der Waals surface area contributed by atoms with Crippen molar-refractivity contribution in [2.24, 2.45) is 34.2 Å². The molecule has 2 fully saturated rings. The van der Waals surface area contributed by atoms with Gasteiger partial charge >= 0.3 is 0 Å². The molecule has 1 saturated carbocycles. The molecule has 240 valence electrons. The molecule has 5 N–H and O–H groups in total. The van der Waals surface area contributed by atoms with Gasteiger partial charge in [0.15, 0.2) is 0 Å². The third-order valence-corrected chi connectivity index (χ3v) is 7.96. The van der Waals surface area contributed by atoms with Gasteiger partial charge in [-0.2, -0.15) is 0 Å². The van der Waals surface area contributed by atoms with E-state index in [-0.39, 0.29) is 12.3 Å². The first-order valence-corrected chi connectivity index (χ1v) is 15.9. The quantitative estimate of drug-likeness (QED) is 0.153. The summed E-state index contributed by atoms with van der Waals surface area (Å²) in [5.74, 6) is 2.16. The standard InChI is InChI=1S/C23H40N2.C8H13NO.C2H5NO.CH3NO/c1-5-20-13-14-23(18(2)15-20)25-19(3)11-12-22(17-24-4)16-21-9-7-6-8-10-21;1-8(7-10)6-9-4-2-3-5-9;1-2(3)4;2-1-3/h13-14,20-22,24H,5-12,15-17H2,1-4H3;7H,1-6H2;1H3,(H2,3,4);1H,(H2,2,3). The number of nitrogens with zero attached hydrogens (tertiary/aromatic N) is 2. The van der Waals surface area contributed by atoms with E-state index >= 15 is 0 Å². The Hall–Kier alpha value is -2.58. The number of nitrogens with two attached hydrogens (primary N) is 2. The molecule has 8 heteroatoms. The van der Waals surface area contributed by atoms with Crippen LogP contribution in [0.2, 0.25) is 0 Å². The molecule has 0 radical (unpaired) electrons. The van der Waals surface area contributed by atoms with Gasteiger partial charge in [0.25, 0.3) is 0 Å². The van der Waals surface area contributed by atoms with Gasteiger partial charge in [-0.05, 0) is 120 Å². The summed E-state index contributed by atoms with van der Waals surface area (Å²) in [6.45, 7) is 15.9. The number of hydrogen-bond acceptors (Lipinski definition) is 6. The monoisotopic (exact) mass is 587 g/mol. The molecule has 42 heavy (non-hydrogen) atoms. The Balaban J connectivity index is 0.000000809. The van der Waals surface area contributed by atoms with E-state index in [9.17, 15) is 9.59 Å². The van der Waals surface area contributed by atoms with Crippen LogP contribution in [0.5, 0.6) is 0 Å². The number of likely N-dealkylation sites (tertiary alicyclic amines) is 1. The van der Waals surface area contributed by atoms with Gasteiger partial charge in [-0.25, -0.2) is 0 Å². The molecule has 0 bridgehead atoms. The lowest BCUT2D eigenvalue weighted by atomic mass is 9.81. The maximum Gasteiger partial charge on any atom is 0.214 e. The van der Waals surface area contributed by atoms with Gasteiger partial charge in [0.05, 0.1) is 5.70 Å². The number of carbonyl (C=O) groups excluding carboxylic acids is 3. The predicted molar refractivity (Wildman–Crippen MR) is 177 cm³/mol. The van der Waals surface area contributed by atoms with Crippen molar-refractivity contribution in [2.45, 2.75) is 105 Å². The van der Waals surface area contributed by atoms with Crippen LogP contribution in [-0.2, 0) is 14.4 Å². The van der Waals surface area contributed by atoms with Gasteiger partial charge in [-0.3, -0.25) is 24.3 Å². The van der Waals surface area contributed by atoms with Crippen molar-refractivity contribution in [1.29, 1.82) is 0 Å². The Bertz CT molecular complexity index is 864. The summed E-state index contributed by atoms with van der Waals surface area (Å²) in [6, 6.07) is 0. The van der Waals surface area contributed by atoms with Crippen molar-refractivity contribution >= 4 is 24.3 Å². The van der Waals surface area contributed by atoms with Crippen molar-refractivity contribution in [3.63, 3.8) is 0 Å². The average Bonchev–Trinajstić information content (AvgIpc) is 3.47. The third-order valence-electron chi connectivity index (χ3n) is 7.96. The molecular weight excluding hydrogens is 526 g/mol. The molecule has 2 aliphatic carbocycles. The topological polar surface area (TPSA) is 131 Å². The number of allylic oxidation sites excluding steroid dienone is 3. The lowest BCUT2D eigenvalue weighted by Crippen LogP contribution is -2.23. The number of aliphatic imine (C=N–C) groups is 1. The minimum Gasteiger partial charge on any atom is -0.372 e. The molecule has 2 amide bonds. The van der Waals surface area contributed by atoms with Crippen LogP contribution in [0.1, 0.15) is 105 Å². The zero-order valence-electron chi connectivity index (χ0n) is 27.3. The number of primary amides is 2. The molecular formula is C34H61N5O3. The van der Waals surface area contributed by atoms with Crippen LogP contribution in [0.4, 0.5) is 0 Å². The van der Waals surface area contributed by atoms with Crippen molar-refractivity contribution in [3.05, 3.63) is 35.6 Å². The summed E-state index contributed by atoms with van der Waals surface area (Å²) in [5.41, 5.74) is 13.3. The van der Waals surface area contributed by atoms with Crippen LogP contribution in [-0.4, -0.2) is 62.4 Å². The Labute approximate surface area is 256 Å². The summed E-state index contributed by atoms with van der Waals surface area (Å²) in [7, 11) is 2.10. The number of rotatable bonds is 12. The van der Waals surface area contributed by atoms with Gasteiger partial charge in [-0.1, -0.05) is 51.7 Å². The maximum absolute atomic E-state index is 10.2. The van der Waals surface area contributed by atoms with Crippen LogP contribution >= 0.6 is 0 Å². The van der Waals surface area contributed by atoms with Gasteiger partial charge in [-0.15, -0.1) is 0 Å². The second-order valence-corrected chi connectivity index (χ2v) is 12.0. The Morgan fingerprint density at radius 2 is 1.76 bits per heavy atom. The summed E-state index contributed by atoms with van der Waals surface area (Å²) in [5, 5.41) is 3.42. The SMILES string of the molecule is C=C(C=O)CN1CCCC1.CC(N)=O.CCC1C=CC(N=C(C)CCC(CNC)CC2CCCCC2)=C(C)C1.NC=O. The Morgan fingerprint density at radius 3 is 2.26 bits per heavy atom. The smallest absolute Gasteiger partial charge is 0.214 e. The fourth-order valence-electron chi connectivity index (χ4n) is 5.77. The van der Waals surface area contributed by atoms with Crippen LogP contribution in [0.15, 0.2) is 40.6 Å².